The van der Waals surface area contributed by atoms with Crippen LogP contribution in [0.1, 0.15) is 43.6 Å². The summed E-state index contributed by atoms with van der Waals surface area (Å²) in [5, 5.41) is 12.2. The summed E-state index contributed by atoms with van der Waals surface area (Å²) in [7, 11) is 0. The van der Waals surface area contributed by atoms with Crippen molar-refractivity contribution in [2.75, 3.05) is 19.6 Å². The molecule has 3 fully saturated rings. The van der Waals surface area contributed by atoms with Gasteiger partial charge in [0, 0.05) is 19.6 Å². The molecule has 140 valence electrons. The van der Waals surface area contributed by atoms with Gasteiger partial charge in [-0.2, -0.15) is 0 Å². The van der Waals surface area contributed by atoms with E-state index in [-0.39, 0.29) is 17.2 Å². The zero-order valence-corrected chi connectivity index (χ0v) is 15.0. The van der Waals surface area contributed by atoms with Crippen LogP contribution >= 0.6 is 0 Å². The van der Waals surface area contributed by atoms with Crippen LogP contribution in [-0.2, 0) is 9.59 Å². The largest absolute Gasteiger partial charge is 0.342 e. The summed E-state index contributed by atoms with van der Waals surface area (Å²) < 4.78 is 0. The van der Waals surface area contributed by atoms with E-state index in [0.29, 0.717) is 5.92 Å². The molecule has 0 radical (unpaired) electrons. The van der Waals surface area contributed by atoms with E-state index in [2.05, 4.69) is 29.6 Å². The Morgan fingerprint density at radius 3 is 2.46 bits per heavy atom. The number of hydrogen-bond donors (Lipinski definition) is 3. The first-order valence-electron chi connectivity index (χ1n) is 9.63. The summed E-state index contributed by atoms with van der Waals surface area (Å²) in [5.74, 6) is -0.329. The van der Waals surface area contributed by atoms with Gasteiger partial charge >= 0.3 is 0 Å². The number of rotatable bonds is 3. The van der Waals surface area contributed by atoms with Gasteiger partial charge in [0.25, 0.3) is 5.91 Å². The Morgan fingerprint density at radius 1 is 1.15 bits per heavy atom. The summed E-state index contributed by atoms with van der Waals surface area (Å²) in [6, 6.07) is 9.84. The SMILES string of the molecule is O=C(NO)C1NCC2(CC2)CC1C(=O)N1CCC(c2ccccc2)CC1. The van der Waals surface area contributed by atoms with Gasteiger partial charge in [-0.05, 0) is 49.0 Å². The van der Waals surface area contributed by atoms with Crippen molar-refractivity contribution in [3.05, 3.63) is 35.9 Å². The van der Waals surface area contributed by atoms with Crippen LogP contribution in [0.15, 0.2) is 30.3 Å². The van der Waals surface area contributed by atoms with Gasteiger partial charge in [0.15, 0.2) is 0 Å². The van der Waals surface area contributed by atoms with E-state index < -0.39 is 11.9 Å². The first-order valence-corrected chi connectivity index (χ1v) is 9.63. The fraction of sp³-hybridized carbons (Fsp3) is 0.600. The van der Waals surface area contributed by atoms with Crippen LogP contribution < -0.4 is 10.8 Å². The molecule has 2 atom stereocenters. The van der Waals surface area contributed by atoms with E-state index in [1.54, 1.807) is 5.48 Å². The van der Waals surface area contributed by atoms with Gasteiger partial charge in [0.1, 0.15) is 6.04 Å². The van der Waals surface area contributed by atoms with E-state index >= 15 is 0 Å². The average molecular weight is 357 g/mol. The minimum atomic E-state index is -0.634. The average Bonchev–Trinajstić information content (AvgIpc) is 3.46. The molecule has 6 nitrogen and oxygen atoms in total. The number of amides is 2. The Balaban J connectivity index is 1.42. The minimum Gasteiger partial charge on any atom is -0.342 e. The van der Waals surface area contributed by atoms with Gasteiger partial charge in [-0.25, -0.2) is 5.48 Å². The molecule has 6 heteroatoms. The molecule has 1 saturated carbocycles. The van der Waals surface area contributed by atoms with Gasteiger partial charge in [-0.3, -0.25) is 14.8 Å². The Hall–Kier alpha value is -1.92. The molecule has 3 N–H and O–H groups in total. The van der Waals surface area contributed by atoms with Gasteiger partial charge in [0.05, 0.1) is 5.92 Å². The molecular formula is C20H27N3O3. The van der Waals surface area contributed by atoms with Crippen molar-refractivity contribution in [1.29, 1.82) is 0 Å². The summed E-state index contributed by atoms with van der Waals surface area (Å²) in [5.41, 5.74) is 3.26. The van der Waals surface area contributed by atoms with Crippen molar-refractivity contribution in [2.24, 2.45) is 11.3 Å². The number of hydroxylamine groups is 1. The maximum absolute atomic E-state index is 13.2. The van der Waals surface area contributed by atoms with Crippen LogP contribution in [0.5, 0.6) is 0 Å². The number of carbonyl (C=O) groups is 2. The Kier molecular flexibility index (Phi) is 4.71. The summed E-state index contributed by atoms with van der Waals surface area (Å²) in [4.78, 5) is 27.1. The predicted molar refractivity (Wildman–Crippen MR) is 96.5 cm³/mol. The highest BCUT2D eigenvalue weighted by atomic mass is 16.5. The van der Waals surface area contributed by atoms with Crippen molar-refractivity contribution in [1.82, 2.24) is 15.7 Å². The number of carbonyl (C=O) groups excluding carboxylic acids is 2. The normalized spacial score (nSPS) is 28.0. The minimum absolute atomic E-state index is 0.0589. The first-order chi connectivity index (χ1) is 12.6. The van der Waals surface area contributed by atoms with E-state index in [0.717, 1.165) is 51.7 Å². The lowest BCUT2D eigenvalue weighted by Gasteiger charge is -2.40. The second-order valence-corrected chi connectivity index (χ2v) is 8.16. The molecule has 0 bridgehead atoms. The van der Waals surface area contributed by atoms with E-state index in [1.807, 2.05) is 11.0 Å². The summed E-state index contributed by atoms with van der Waals surface area (Å²) >= 11 is 0. The fourth-order valence-corrected chi connectivity index (χ4v) is 4.65. The van der Waals surface area contributed by atoms with Gasteiger partial charge in [-0.1, -0.05) is 30.3 Å². The molecule has 1 aromatic carbocycles. The number of nitrogens with one attached hydrogen (secondary N) is 2. The predicted octanol–water partition coefficient (Wildman–Crippen LogP) is 1.66. The van der Waals surface area contributed by atoms with Crippen molar-refractivity contribution in [2.45, 2.75) is 44.1 Å². The standard InChI is InChI=1S/C20H27N3O3/c24-18(22-26)17-16(12-20(8-9-20)13-21-17)19(25)23-10-6-15(7-11-23)14-4-2-1-3-5-14/h1-5,15-17,21,26H,6-13H2,(H,22,24). The van der Waals surface area contributed by atoms with Gasteiger partial charge < -0.3 is 10.2 Å². The molecule has 3 aliphatic rings. The number of likely N-dealkylation sites (tertiary alicyclic amines) is 1. The summed E-state index contributed by atoms with van der Waals surface area (Å²) in [6.07, 6.45) is 4.89. The second-order valence-electron chi connectivity index (χ2n) is 8.16. The quantitative estimate of drug-likeness (QED) is 0.568. The molecule has 26 heavy (non-hydrogen) atoms. The molecule has 4 rings (SSSR count). The third kappa shape index (κ3) is 3.35. The highest BCUT2D eigenvalue weighted by Crippen LogP contribution is 2.52. The van der Waals surface area contributed by atoms with Crippen LogP contribution in [-0.4, -0.2) is 47.6 Å². The van der Waals surface area contributed by atoms with Crippen LogP contribution in [0.25, 0.3) is 0 Å². The molecule has 2 unspecified atom stereocenters. The topological polar surface area (TPSA) is 81.7 Å². The lowest BCUT2D eigenvalue weighted by molar-refractivity contribution is -0.145. The Morgan fingerprint density at radius 2 is 1.85 bits per heavy atom. The first kappa shape index (κ1) is 17.5. The molecule has 2 amide bonds. The van der Waals surface area contributed by atoms with E-state index in [1.165, 1.54) is 5.56 Å². The maximum atomic E-state index is 13.2. The molecule has 2 heterocycles. The highest BCUT2D eigenvalue weighted by molar-refractivity contribution is 5.90. The number of nitrogens with zero attached hydrogens (tertiary/aromatic N) is 1. The zero-order valence-electron chi connectivity index (χ0n) is 15.0. The fourth-order valence-electron chi connectivity index (χ4n) is 4.65. The third-order valence-corrected chi connectivity index (χ3v) is 6.50. The van der Waals surface area contributed by atoms with E-state index in [9.17, 15) is 9.59 Å². The van der Waals surface area contributed by atoms with Crippen molar-refractivity contribution < 1.29 is 14.8 Å². The molecule has 1 aromatic rings. The van der Waals surface area contributed by atoms with Crippen LogP contribution in [0.3, 0.4) is 0 Å². The van der Waals surface area contributed by atoms with Crippen molar-refractivity contribution in [3.8, 4) is 0 Å². The lowest BCUT2D eigenvalue weighted by atomic mass is 9.80. The number of piperidine rings is 2. The van der Waals surface area contributed by atoms with Gasteiger partial charge in [0.2, 0.25) is 5.91 Å². The van der Waals surface area contributed by atoms with Crippen LogP contribution in [0.2, 0.25) is 0 Å². The monoisotopic (exact) mass is 357 g/mol. The summed E-state index contributed by atoms with van der Waals surface area (Å²) in [6.45, 7) is 2.22. The number of hydrogen-bond acceptors (Lipinski definition) is 4. The third-order valence-electron chi connectivity index (χ3n) is 6.50. The van der Waals surface area contributed by atoms with Crippen molar-refractivity contribution in [3.63, 3.8) is 0 Å². The van der Waals surface area contributed by atoms with Crippen molar-refractivity contribution >= 4 is 11.8 Å². The lowest BCUT2D eigenvalue weighted by Crippen LogP contribution is -2.59. The highest BCUT2D eigenvalue weighted by Gasteiger charge is 2.52. The molecule has 1 aliphatic carbocycles. The number of benzene rings is 1. The van der Waals surface area contributed by atoms with E-state index in [4.69, 9.17) is 5.21 Å². The molecule has 1 spiro atoms. The second kappa shape index (κ2) is 7.00. The zero-order chi connectivity index (χ0) is 18.1. The molecule has 2 saturated heterocycles. The van der Waals surface area contributed by atoms with Crippen LogP contribution in [0, 0.1) is 11.3 Å². The maximum Gasteiger partial charge on any atom is 0.261 e. The molecule has 2 aliphatic heterocycles. The Bertz CT molecular complexity index is 666. The Labute approximate surface area is 153 Å². The van der Waals surface area contributed by atoms with Crippen LogP contribution in [0.4, 0.5) is 0 Å². The molecular weight excluding hydrogens is 330 g/mol. The molecule has 0 aromatic heterocycles. The van der Waals surface area contributed by atoms with Gasteiger partial charge in [-0.15, -0.1) is 0 Å². The smallest absolute Gasteiger partial charge is 0.261 e.